The number of para-hydroxylation sites is 1. The average Bonchev–Trinajstić information content (AvgIpc) is 3.41. The van der Waals surface area contributed by atoms with E-state index in [1.807, 2.05) is 0 Å². The fraction of sp³-hybridized carbons (Fsp3) is 0.200. The van der Waals surface area contributed by atoms with Crippen molar-refractivity contribution in [3.05, 3.63) is 131 Å². The van der Waals surface area contributed by atoms with E-state index in [0.717, 1.165) is 12.8 Å². The molecule has 2 aliphatic heterocycles. The van der Waals surface area contributed by atoms with Gasteiger partial charge in [0.05, 0.1) is 6.04 Å². The lowest BCUT2D eigenvalue weighted by molar-refractivity contribution is 0.681. The number of thioether (sulfide) groups is 1. The summed E-state index contributed by atoms with van der Waals surface area (Å²) < 4.78 is 0. The van der Waals surface area contributed by atoms with Gasteiger partial charge in [-0.1, -0.05) is 91.1 Å². The molecular weight excluding hydrogens is 406 g/mol. The van der Waals surface area contributed by atoms with Crippen molar-refractivity contribution in [2.45, 2.75) is 30.1 Å². The molecule has 0 aromatic heterocycles. The summed E-state index contributed by atoms with van der Waals surface area (Å²) >= 11 is 2.10. The predicted molar refractivity (Wildman–Crippen MR) is 137 cm³/mol. The Morgan fingerprint density at radius 3 is 2.50 bits per heavy atom. The SMILES string of the molecule is C1=CC2SC3=C(C=CC4c5ccccc5N(C5=CC=C(c6ccccc6)CC5)C34)C2C=C1. The Bertz CT molecular complexity index is 1270. The fourth-order valence-electron chi connectivity index (χ4n) is 6.01. The highest BCUT2D eigenvalue weighted by Gasteiger charge is 2.47. The molecule has 0 bridgehead atoms. The van der Waals surface area contributed by atoms with Crippen LogP contribution in [0.4, 0.5) is 5.69 Å². The second kappa shape index (κ2) is 7.28. The third-order valence-corrected chi connectivity index (χ3v) is 8.95. The van der Waals surface area contributed by atoms with Crippen LogP contribution in [0.1, 0.15) is 29.9 Å². The summed E-state index contributed by atoms with van der Waals surface area (Å²) in [5.74, 6) is 0.957. The van der Waals surface area contributed by atoms with Gasteiger partial charge >= 0.3 is 0 Å². The lowest BCUT2D eigenvalue weighted by atomic mass is 9.82. The van der Waals surface area contributed by atoms with E-state index >= 15 is 0 Å². The molecule has 0 N–H and O–H groups in total. The number of benzene rings is 2. The highest BCUT2D eigenvalue weighted by Crippen LogP contribution is 2.57. The summed E-state index contributed by atoms with van der Waals surface area (Å²) in [5, 5.41) is 0.545. The van der Waals surface area contributed by atoms with Crippen molar-refractivity contribution < 1.29 is 0 Å². The van der Waals surface area contributed by atoms with Gasteiger partial charge in [0.25, 0.3) is 0 Å². The van der Waals surface area contributed by atoms with Crippen molar-refractivity contribution in [2.24, 2.45) is 5.92 Å². The third-order valence-electron chi connectivity index (χ3n) is 7.50. The van der Waals surface area contributed by atoms with Crippen molar-refractivity contribution in [2.75, 3.05) is 4.90 Å². The van der Waals surface area contributed by atoms with Gasteiger partial charge in [0.2, 0.25) is 0 Å². The maximum atomic E-state index is 2.68. The minimum absolute atomic E-state index is 0.391. The van der Waals surface area contributed by atoms with Gasteiger partial charge in [-0.15, -0.1) is 11.8 Å². The lowest BCUT2D eigenvalue weighted by Gasteiger charge is -2.35. The van der Waals surface area contributed by atoms with Crippen molar-refractivity contribution in [3.63, 3.8) is 0 Å². The molecule has 0 radical (unpaired) electrons. The number of allylic oxidation sites excluding steroid dienone is 9. The predicted octanol–water partition coefficient (Wildman–Crippen LogP) is 7.40. The number of hydrogen-bond donors (Lipinski definition) is 0. The molecule has 5 aliphatic rings. The summed E-state index contributed by atoms with van der Waals surface area (Å²) in [6, 6.07) is 20.3. The lowest BCUT2D eigenvalue weighted by Crippen LogP contribution is -2.35. The van der Waals surface area contributed by atoms with Gasteiger partial charge < -0.3 is 4.90 Å². The highest BCUT2D eigenvalue weighted by atomic mass is 32.2. The van der Waals surface area contributed by atoms with Crippen LogP contribution in [0.3, 0.4) is 0 Å². The average molecular weight is 432 g/mol. The van der Waals surface area contributed by atoms with E-state index in [1.54, 1.807) is 4.91 Å². The first kappa shape index (κ1) is 18.6. The topological polar surface area (TPSA) is 3.24 Å². The van der Waals surface area contributed by atoms with E-state index in [9.17, 15) is 0 Å². The Morgan fingerprint density at radius 2 is 1.62 bits per heavy atom. The normalized spacial score (nSPS) is 29.3. The fourth-order valence-corrected chi connectivity index (χ4v) is 7.59. The van der Waals surface area contributed by atoms with Crippen molar-refractivity contribution in [3.8, 4) is 0 Å². The van der Waals surface area contributed by atoms with Gasteiger partial charge in [-0.25, -0.2) is 0 Å². The van der Waals surface area contributed by atoms with Crippen LogP contribution in [-0.4, -0.2) is 11.3 Å². The zero-order valence-corrected chi connectivity index (χ0v) is 18.7. The molecule has 2 aromatic rings. The van der Waals surface area contributed by atoms with Crippen LogP contribution >= 0.6 is 11.8 Å². The molecule has 2 heteroatoms. The van der Waals surface area contributed by atoms with E-state index in [2.05, 4.69) is 120 Å². The standard InChI is InChI=1S/C30H25NS/c1-2-8-20(9-3-1)21-14-16-22(17-15-21)31-27-12-6-4-10-23(27)25-18-19-26-24-11-5-7-13-28(24)32-30(26)29(25)31/h1-14,16,18-19,24-25,28-29H,15,17H2. The van der Waals surface area contributed by atoms with E-state index < -0.39 is 0 Å². The molecule has 2 aromatic carbocycles. The largest absolute Gasteiger partial charge is 0.336 e. The van der Waals surface area contributed by atoms with Crippen LogP contribution in [0, 0.1) is 5.92 Å². The Hall–Kier alpha value is -2.97. The van der Waals surface area contributed by atoms with Gasteiger partial charge in [-0.3, -0.25) is 0 Å². The number of hydrogen-bond acceptors (Lipinski definition) is 2. The van der Waals surface area contributed by atoms with Gasteiger partial charge in [0, 0.05) is 33.4 Å². The first-order chi connectivity index (χ1) is 15.9. The molecule has 32 heavy (non-hydrogen) atoms. The van der Waals surface area contributed by atoms with Gasteiger partial charge in [0.15, 0.2) is 0 Å². The van der Waals surface area contributed by atoms with Crippen molar-refractivity contribution >= 4 is 23.0 Å². The number of nitrogens with zero attached hydrogens (tertiary/aromatic N) is 1. The number of fused-ring (bicyclic) bond motifs is 6. The van der Waals surface area contributed by atoms with E-state index in [-0.39, 0.29) is 0 Å². The van der Waals surface area contributed by atoms with Crippen LogP contribution < -0.4 is 4.90 Å². The van der Waals surface area contributed by atoms with Crippen molar-refractivity contribution in [1.82, 2.24) is 0 Å². The Labute approximate surface area is 194 Å². The third kappa shape index (κ3) is 2.72. The molecule has 4 atom stereocenters. The molecule has 0 amide bonds. The van der Waals surface area contributed by atoms with Crippen LogP contribution in [0.5, 0.6) is 0 Å². The summed E-state index contributed by atoms with van der Waals surface area (Å²) in [5.41, 5.74) is 8.65. The monoisotopic (exact) mass is 431 g/mol. The minimum Gasteiger partial charge on any atom is -0.336 e. The summed E-state index contributed by atoms with van der Waals surface area (Å²) in [7, 11) is 0. The molecule has 7 rings (SSSR count). The van der Waals surface area contributed by atoms with Crippen LogP contribution in [0.15, 0.2) is 119 Å². The number of anilines is 1. The molecule has 3 aliphatic carbocycles. The Balaban J connectivity index is 1.32. The second-order valence-corrected chi connectivity index (χ2v) is 10.4. The van der Waals surface area contributed by atoms with Gasteiger partial charge in [-0.2, -0.15) is 0 Å². The van der Waals surface area contributed by atoms with Crippen LogP contribution in [-0.2, 0) is 0 Å². The smallest absolute Gasteiger partial charge is 0.0754 e. The molecule has 1 nitrogen and oxygen atoms in total. The van der Waals surface area contributed by atoms with E-state index in [0.29, 0.717) is 23.1 Å². The molecule has 0 saturated carbocycles. The summed E-state index contributed by atoms with van der Waals surface area (Å²) in [6.45, 7) is 0. The molecular formula is C30H25NS. The maximum absolute atomic E-state index is 2.68. The van der Waals surface area contributed by atoms with E-state index in [1.165, 1.54) is 33.7 Å². The molecule has 2 heterocycles. The molecule has 0 spiro atoms. The van der Waals surface area contributed by atoms with Crippen LogP contribution in [0.2, 0.25) is 0 Å². The molecule has 156 valence electrons. The molecule has 4 unspecified atom stereocenters. The minimum atomic E-state index is 0.391. The molecule has 0 saturated heterocycles. The number of rotatable bonds is 2. The first-order valence-corrected chi connectivity index (χ1v) is 12.5. The van der Waals surface area contributed by atoms with Gasteiger partial charge in [0.1, 0.15) is 0 Å². The highest BCUT2D eigenvalue weighted by molar-refractivity contribution is 8.04. The summed E-state index contributed by atoms with van der Waals surface area (Å²) in [4.78, 5) is 4.26. The van der Waals surface area contributed by atoms with Crippen molar-refractivity contribution in [1.29, 1.82) is 0 Å². The zero-order chi connectivity index (χ0) is 21.1. The first-order valence-electron chi connectivity index (χ1n) is 11.7. The van der Waals surface area contributed by atoms with Crippen LogP contribution in [0.25, 0.3) is 5.57 Å². The summed E-state index contributed by atoms with van der Waals surface area (Å²) in [6.07, 6.45) is 21.0. The quantitative estimate of drug-likeness (QED) is 0.487. The Kier molecular flexibility index (Phi) is 4.23. The molecule has 0 fully saturated rings. The van der Waals surface area contributed by atoms with E-state index in [4.69, 9.17) is 0 Å². The zero-order valence-electron chi connectivity index (χ0n) is 17.9. The Morgan fingerprint density at radius 1 is 0.781 bits per heavy atom. The maximum Gasteiger partial charge on any atom is 0.0754 e. The second-order valence-electron chi connectivity index (χ2n) is 9.17. The van der Waals surface area contributed by atoms with Gasteiger partial charge in [-0.05, 0) is 47.3 Å².